The molecule has 3 rings (SSSR count). The second-order valence-corrected chi connectivity index (χ2v) is 6.15. The summed E-state index contributed by atoms with van der Waals surface area (Å²) < 4.78 is 0. The van der Waals surface area contributed by atoms with Crippen molar-refractivity contribution in [1.29, 1.82) is 0 Å². The molecule has 1 atom stereocenters. The van der Waals surface area contributed by atoms with E-state index in [9.17, 15) is 9.59 Å². The molecule has 1 aromatic rings. The van der Waals surface area contributed by atoms with Gasteiger partial charge in [-0.15, -0.1) is 0 Å². The summed E-state index contributed by atoms with van der Waals surface area (Å²) in [4.78, 5) is 30.6. The number of carbonyl (C=O) groups is 2. The van der Waals surface area contributed by atoms with Crippen LogP contribution in [-0.4, -0.2) is 40.8 Å². The lowest BCUT2D eigenvalue weighted by atomic mass is 10.00. The van der Waals surface area contributed by atoms with E-state index in [1.165, 1.54) is 6.42 Å². The van der Waals surface area contributed by atoms with Crippen LogP contribution in [0, 0.1) is 5.92 Å². The van der Waals surface area contributed by atoms with Crippen molar-refractivity contribution in [2.45, 2.75) is 38.6 Å². The highest BCUT2D eigenvalue weighted by Crippen LogP contribution is 2.20. The molecular formula is C16H21N3O2. The van der Waals surface area contributed by atoms with Gasteiger partial charge in [0.15, 0.2) is 0 Å². The molecule has 1 unspecified atom stereocenters. The van der Waals surface area contributed by atoms with E-state index in [2.05, 4.69) is 17.2 Å². The minimum atomic E-state index is -0.181. The highest BCUT2D eigenvalue weighted by Gasteiger charge is 2.26. The molecule has 2 heterocycles. The van der Waals surface area contributed by atoms with Crippen LogP contribution >= 0.6 is 0 Å². The van der Waals surface area contributed by atoms with Crippen LogP contribution < -0.4 is 5.32 Å². The molecule has 1 saturated carbocycles. The molecule has 0 aromatic carbocycles. The van der Waals surface area contributed by atoms with E-state index >= 15 is 0 Å². The standard InChI is InChI=1S/C16H21N3O2/c1-11-4-3-9-19(10-11)16(21)14-6-2-5-13(18-14)15(20)17-12-7-8-12/h2,5-6,11-12H,3-4,7-10H2,1H3,(H,17,20). The van der Waals surface area contributed by atoms with Crippen LogP contribution in [0.1, 0.15) is 53.6 Å². The number of nitrogens with zero attached hydrogens (tertiary/aromatic N) is 2. The third-order valence-electron chi connectivity index (χ3n) is 4.06. The topological polar surface area (TPSA) is 62.3 Å². The van der Waals surface area contributed by atoms with Gasteiger partial charge in [-0.3, -0.25) is 9.59 Å². The normalized spacial score (nSPS) is 22.0. The molecule has 2 amide bonds. The number of carbonyl (C=O) groups excluding carboxylic acids is 2. The first kappa shape index (κ1) is 14.0. The number of likely N-dealkylation sites (tertiary alicyclic amines) is 1. The first-order valence-corrected chi connectivity index (χ1v) is 7.70. The third-order valence-corrected chi connectivity index (χ3v) is 4.06. The SMILES string of the molecule is CC1CCCN(C(=O)c2cccc(C(=O)NC3CC3)n2)C1. The van der Waals surface area contributed by atoms with E-state index in [0.717, 1.165) is 32.4 Å². The van der Waals surface area contributed by atoms with Crippen LogP contribution in [0.4, 0.5) is 0 Å². The van der Waals surface area contributed by atoms with Gasteiger partial charge in [0.1, 0.15) is 11.4 Å². The molecule has 0 spiro atoms. The van der Waals surface area contributed by atoms with E-state index in [-0.39, 0.29) is 11.8 Å². The molecule has 2 fully saturated rings. The molecular weight excluding hydrogens is 266 g/mol. The van der Waals surface area contributed by atoms with Crippen LogP contribution in [0.3, 0.4) is 0 Å². The van der Waals surface area contributed by atoms with E-state index < -0.39 is 0 Å². The second-order valence-electron chi connectivity index (χ2n) is 6.15. The molecule has 1 aliphatic heterocycles. The maximum Gasteiger partial charge on any atom is 0.272 e. The van der Waals surface area contributed by atoms with Gasteiger partial charge >= 0.3 is 0 Å². The fraction of sp³-hybridized carbons (Fsp3) is 0.562. The van der Waals surface area contributed by atoms with Crippen molar-refractivity contribution in [1.82, 2.24) is 15.2 Å². The Hall–Kier alpha value is -1.91. The van der Waals surface area contributed by atoms with Crippen molar-refractivity contribution in [2.24, 2.45) is 5.92 Å². The summed E-state index contributed by atoms with van der Waals surface area (Å²) in [6.45, 7) is 3.72. The summed E-state index contributed by atoms with van der Waals surface area (Å²) in [5.41, 5.74) is 0.699. The van der Waals surface area contributed by atoms with Gasteiger partial charge in [0.2, 0.25) is 0 Å². The zero-order valence-corrected chi connectivity index (χ0v) is 12.3. The molecule has 1 aromatic heterocycles. The number of hydrogen-bond donors (Lipinski definition) is 1. The molecule has 1 saturated heterocycles. The van der Waals surface area contributed by atoms with Crippen molar-refractivity contribution in [2.75, 3.05) is 13.1 Å². The van der Waals surface area contributed by atoms with Gasteiger partial charge < -0.3 is 10.2 Å². The van der Waals surface area contributed by atoms with Gasteiger partial charge in [-0.25, -0.2) is 4.98 Å². The number of piperidine rings is 1. The van der Waals surface area contributed by atoms with E-state index in [0.29, 0.717) is 23.3 Å². The van der Waals surface area contributed by atoms with Gasteiger partial charge in [0.05, 0.1) is 0 Å². The Morgan fingerprint density at radius 2 is 2.00 bits per heavy atom. The van der Waals surface area contributed by atoms with Crippen molar-refractivity contribution < 1.29 is 9.59 Å². The number of amides is 2. The molecule has 1 N–H and O–H groups in total. The summed E-state index contributed by atoms with van der Waals surface area (Å²) >= 11 is 0. The van der Waals surface area contributed by atoms with Crippen LogP contribution in [0.25, 0.3) is 0 Å². The van der Waals surface area contributed by atoms with Gasteiger partial charge in [-0.1, -0.05) is 13.0 Å². The maximum absolute atomic E-state index is 12.5. The lowest BCUT2D eigenvalue weighted by molar-refractivity contribution is 0.0677. The number of pyridine rings is 1. The Morgan fingerprint density at radius 3 is 2.71 bits per heavy atom. The molecule has 1 aliphatic carbocycles. The minimum Gasteiger partial charge on any atom is -0.348 e. The minimum absolute atomic E-state index is 0.0670. The predicted octanol–water partition coefficient (Wildman–Crippen LogP) is 1.85. The summed E-state index contributed by atoms with van der Waals surface area (Å²) in [5, 5.41) is 2.90. The smallest absolute Gasteiger partial charge is 0.272 e. The Kier molecular flexibility index (Phi) is 3.90. The lowest BCUT2D eigenvalue weighted by Crippen LogP contribution is -2.39. The predicted molar refractivity (Wildman–Crippen MR) is 79.0 cm³/mol. The van der Waals surface area contributed by atoms with Crippen LogP contribution in [0.15, 0.2) is 18.2 Å². The number of nitrogens with one attached hydrogen (secondary N) is 1. The molecule has 21 heavy (non-hydrogen) atoms. The lowest BCUT2D eigenvalue weighted by Gasteiger charge is -2.30. The number of aromatic nitrogens is 1. The average Bonchev–Trinajstić information content (AvgIpc) is 3.30. The fourth-order valence-electron chi connectivity index (χ4n) is 2.70. The summed E-state index contributed by atoms with van der Waals surface area (Å²) in [6, 6.07) is 5.37. The summed E-state index contributed by atoms with van der Waals surface area (Å²) in [6.07, 6.45) is 4.28. The van der Waals surface area contributed by atoms with Crippen molar-refractivity contribution in [3.8, 4) is 0 Å². The first-order chi connectivity index (χ1) is 10.1. The summed E-state index contributed by atoms with van der Waals surface area (Å²) in [7, 11) is 0. The third kappa shape index (κ3) is 3.40. The van der Waals surface area contributed by atoms with E-state index in [1.54, 1.807) is 18.2 Å². The fourth-order valence-corrected chi connectivity index (χ4v) is 2.70. The average molecular weight is 287 g/mol. The van der Waals surface area contributed by atoms with Gasteiger partial charge in [0.25, 0.3) is 11.8 Å². The Labute approximate surface area is 124 Å². The molecule has 5 heteroatoms. The second kappa shape index (κ2) is 5.84. The zero-order chi connectivity index (χ0) is 14.8. The van der Waals surface area contributed by atoms with E-state index in [1.807, 2.05) is 4.90 Å². The molecule has 5 nitrogen and oxygen atoms in total. The van der Waals surface area contributed by atoms with Gasteiger partial charge in [0, 0.05) is 19.1 Å². The number of rotatable bonds is 3. The van der Waals surface area contributed by atoms with Crippen LogP contribution in [0.2, 0.25) is 0 Å². The largest absolute Gasteiger partial charge is 0.348 e. The molecule has 2 aliphatic rings. The van der Waals surface area contributed by atoms with E-state index in [4.69, 9.17) is 0 Å². The number of hydrogen-bond acceptors (Lipinski definition) is 3. The van der Waals surface area contributed by atoms with Crippen molar-refractivity contribution >= 4 is 11.8 Å². The Balaban J connectivity index is 1.72. The highest BCUT2D eigenvalue weighted by molar-refractivity contribution is 5.96. The Bertz CT molecular complexity index is 554. The van der Waals surface area contributed by atoms with Gasteiger partial charge in [-0.05, 0) is 43.7 Å². The Morgan fingerprint density at radius 1 is 1.24 bits per heavy atom. The van der Waals surface area contributed by atoms with Crippen LogP contribution in [-0.2, 0) is 0 Å². The first-order valence-electron chi connectivity index (χ1n) is 7.70. The van der Waals surface area contributed by atoms with Crippen molar-refractivity contribution in [3.63, 3.8) is 0 Å². The zero-order valence-electron chi connectivity index (χ0n) is 12.3. The highest BCUT2D eigenvalue weighted by atomic mass is 16.2. The maximum atomic E-state index is 12.5. The molecule has 112 valence electrons. The van der Waals surface area contributed by atoms with Crippen molar-refractivity contribution in [3.05, 3.63) is 29.6 Å². The quantitative estimate of drug-likeness (QED) is 0.922. The van der Waals surface area contributed by atoms with Crippen LogP contribution in [0.5, 0.6) is 0 Å². The monoisotopic (exact) mass is 287 g/mol. The molecule has 0 radical (unpaired) electrons. The molecule has 0 bridgehead atoms. The summed E-state index contributed by atoms with van der Waals surface area (Å²) in [5.74, 6) is 0.283. The van der Waals surface area contributed by atoms with Gasteiger partial charge in [-0.2, -0.15) is 0 Å².